The molecule has 0 spiro atoms. The Balaban J connectivity index is 1.91. The topological polar surface area (TPSA) is 116 Å². The maximum absolute atomic E-state index is 12.5. The van der Waals surface area contributed by atoms with Crippen LogP contribution in [-0.4, -0.2) is 29.4 Å². The molecule has 0 aliphatic carbocycles. The van der Waals surface area contributed by atoms with Gasteiger partial charge < -0.3 is 16.2 Å². The Bertz CT molecular complexity index is 1250. The van der Waals surface area contributed by atoms with Crippen molar-refractivity contribution in [3.05, 3.63) is 94.5 Å². The van der Waals surface area contributed by atoms with Gasteiger partial charge in [-0.25, -0.2) is 4.79 Å². The van der Waals surface area contributed by atoms with Crippen LogP contribution < -0.4 is 11.1 Å². The van der Waals surface area contributed by atoms with E-state index in [0.29, 0.717) is 29.2 Å². The number of carboxylic acid groups (broad SMARTS) is 1. The molecule has 0 saturated heterocycles. The molecule has 0 bridgehead atoms. The number of rotatable bonds is 10. The van der Waals surface area contributed by atoms with Crippen molar-refractivity contribution in [3.8, 4) is 11.1 Å². The van der Waals surface area contributed by atoms with E-state index in [0.717, 1.165) is 23.1 Å². The van der Waals surface area contributed by atoms with Crippen molar-refractivity contribution in [2.45, 2.75) is 40.0 Å². The van der Waals surface area contributed by atoms with Crippen LogP contribution in [0.1, 0.15) is 71.0 Å². The minimum Gasteiger partial charge on any atom is -0.478 e. The number of aromatic carboxylic acids is 1. The number of amidine groups is 1. The van der Waals surface area contributed by atoms with E-state index < -0.39 is 5.97 Å². The first-order valence-electron chi connectivity index (χ1n) is 12.3. The van der Waals surface area contributed by atoms with Crippen molar-refractivity contribution in [1.82, 2.24) is 5.32 Å². The van der Waals surface area contributed by atoms with Crippen molar-refractivity contribution in [1.29, 1.82) is 5.41 Å². The lowest BCUT2D eigenvalue weighted by Crippen LogP contribution is -2.27. The SMILES string of the molecule is CC(C)CNC(=O)c1ccc(-c2ccccc2C(C)C(C)Cc2ccc(C(=N)N)cc2)c(C(=O)O)c1. The van der Waals surface area contributed by atoms with E-state index in [1.165, 1.54) is 6.07 Å². The van der Waals surface area contributed by atoms with Crippen molar-refractivity contribution < 1.29 is 14.7 Å². The zero-order valence-electron chi connectivity index (χ0n) is 21.3. The molecule has 0 fully saturated rings. The van der Waals surface area contributed by atoms with E-state index in [4.69, 9.17) is 11.1 Å². The smallest absolute Gasteiger partial charge is 0.336 e. The fourth-order valence-corrected chi connectivity index (χ4v) is 4.31. The van der Waals surface area contributed by atoms with E-state index in [-0.39, 0.29) is 29.1 Å². The molecular formula is C30H35N3O3. The van der Waals surface area contributed by atoms with Crippen LogP contribution in [0.4, 0.5) is 0 Å². The Hall–Kier alpha value is -3.93. The molecule has 6 heteroatoms. The third kappa shape index (κ3) is 6.39. The zero-order valence-corrected chi connectivity index (χ0v) is 21.3. The van der Waals surface area contributed by atoms with Gasteiger partial charge in [0, 0.05) is 17.7 Å². The first-order chi connectivity index (χ1) is 17.1. The standard InChI is InChI=1S/C30H35N3O3/c1-18(2)17-33-29(34)23-13-14-26(27(16-23)30(35)36)25-8-6-5-7-24(25)20(4)19(3)15-21-9-11-22(12-10-21)28(31)32/h5-14,16,18-20H,15,17H2,1-4H3,(H3,31,32)(H,33,34)(H,35,36). The first-order valence-corrected chi connectivity index (χ1v) is 12.3. The minimum absolute atomic E-state index is 0.0505. The van der Waals surface area contributed by atoms with E-state index in [1.807, 2.05) is 62.4 Å². The molecule has 5 N–H and O–H groups in total. The van der Waals surface area contributed by atoms with Crippen LogP contribution in [0, 0.1) is 17.2 Å². The molecule has 3 rings (SSSR count). The summed E-state index contributed by atoms with van der Waals surface area (Å²) in [6.45, 7) is 8.87. The maximum atomic E-state index is 12.5. The highest BCUT2D eigenvalue weighted by atomic mass is 16.4. The van der Waals surface area contributed by atoms with Crippen LogP contribution in [-0.2, 0) is 6.42 Å². The third-order valence-corrected chi connectivity index (χ3v) is 6.60. The largest absolute Gasteiger partial charge is 0.478 e. The molecule has 2 unspecified atom stereocenters. The number of hydrogen-bond donors (Lipinski definition) is 4. The van der Waals surface area contributed by atoms with Crippen LogP contribution in [0.3, 0.4) is 0 Å². The first kappa shape index (κ1) is 26.7. The van der Waals surface area contributed by atoms with E-state index in [2.05, 4.69) is 19.2 Å². The number of carboxylic acids is 1. The average Bonchev–Trinajstić information content (AvgIpc) is 2.86. The summed E-state index contributed by atoms with van der Waals surface area (Å²) in [4.78, 5) is 24.8. The summed E-state index contributed by atoms with van der Waals surface area (Å²) < 4.78 is 0. The summed E-state index contributed by atoms with van der Waals surface area (Å²) in [7, 11) is 0. The molecule has 0 aliphatic heterocycles. The van der Waals surface area contributed by atoms with Crippen molar-refractivity contribution in [2.75, 3.05) is 6.54 Å². The molecular weight excluding hydrogens is 450 g/mol. The Kier molecular flexibility index (Phi) is 8.64. The normalized spacial score (nSPS) is 12.7. The zero-order chi connectivity index (χ0) is 26.4. The molecule has 0 saturated carbocycles. The molecule has 0 aliphatic rings. The van der Waals surface area contributed by atoms with Gasteiger partial charge in [-0.05, 0) is 58.6 Å². The lowest BCUT2D eigenvalue weighted by atomic mass is 9.80. The van der Waals surface area contributed by atoms with Crippen LogP contribution in [0.15, 0.2) is 66.7 Å². The monoisotopic (exact) mass is 485 g/mol. The molecule has 0 aromatic heterocycles. The van der Waals surface area contributed by atoms with E-state index >= 15 is 0 Å². The molecule has 188 valence electrons. The fraction of sp³-hybridized carbons (Fsp3) is 0.300. The van der Waals surface area contributed by atoms with Crippen LogP contribution >= 0.6 is 0 Å². The second-order valence-corrected chi connectivity index (χ2v) is 9.84. The van der Waals surface area contributed by atoms with Gasteiger partial charge in [-0.3, -0.25) is 10.2 Å². The van der Waals surface area contributed by atoms with Gasteiger partial charge in [0.05, 0.1) is 5.56 Å². The highest BCUT2D eigenvalue weighted by Crippen LogP contribution is 2.36. The van der Waals surface area contributed by atoms with Crippen molar-refractivity contribution in [3.63, 3.8) is 0 Å². The van der Waals surface area contributed by atoms with Gasteiger partial charge in [0.2, 0.25) is 0 Å². The molecule has 2 atom stereocenters. The van der Waals surface area contributed by atoms with Gasteiger partial charge in [0.1, 0.15) is 5.84 Å². The van der Waals surface area contributed by atoms with Gasteiger partial charge in [-0.1, -0.05) is 82.3 Å². The molecule has 0 radical (unpaired) electrons. The molecule has 36 heavy (non-hydrogen) atoms. The number of nitrogens with two attached hydrogens (primary N) is 1. The molecule has 0 heterocycles. The highest BCUT2D eigenvalue weighted by molar-refractivity contribution is 6.02. The highest BCUT2D eigenvalue weighted by Gasteiger charge is 2.22. The summed E-state index contributed by atoms with van der Waals surface area (Å²) in [5, 5.41) is 20.4. The molecule has 6 nitrogen and oxygen atoms in total. The van der Waals surface area contributed by atoms with Crippen molar-refractivity contribution in [2.24, 2.45) is 17.6 Å². The lowest BCUT2D eigenvalue weighted by Gasteiger charge is -2.24. The third-order valence-electron chi connectivity index (χ3n) is 6.60. The molecule has 3 aromatic rings. The van der Waals surface area contributed by atoms with Crippen molar-refractivity contribution >= 4 is 17.7 Å². The summed E-state index contributed by atoms with van der Waals surface area (Å²) in [5.74, 6) is -0.578. The number of hydrogen-bond acceptors (Lipinski definition) is 3. The number of nitrogen functional groups attached to an aromatic ring is 1. The summed E-state index contributed by atoms with van der Waals surface area (Å²) in [6, 6.07) is 20.5. The Labute approximate surface area is 213 Å². The van der Waals surface area contributed by atoms with Gasteiger partial charge >= 0.3 is 5.97 Å². The summed E-state index contributed by atoms with van der Waals surface area (Å²) in [5.41, 5.74) is 10.4. The fourth-order valence-electron chi connectivity index (χ4n) is 4.31. The number of nitrogens with one attached hydrogen (secondary N) is 2. The van der Waals surface area contributed by atoms with Gasteiger partial charge in [0.25, 0.3) is 5.91 Å². The van der Waals surface area contributed by atoms with Gasteiger partial charge in [0.15, 0.2) is 0 Å². The minimum atomic E-state index is -1.07. The Morgan fingerprint density at radius 3 is 2.17 bits per heavy atom. The molecule has 1 amide bonds. The Morgan fingerprint density at radius 2 is 1.56 bits per heavy atom. The Morgan fingerprint density at radius 1 is 0.917 bits per heavy atom. The molecule has 3 aromatic carbocycles. The predicted molar refractivity (Wildman–Crippen MR) is 145 cm³/mol. The lowest BCUT2D eigenvalue weighted by molar-refractivity contribution is 0.0697. The quantitative estimate of drug-likeness (QED) is 0.218. The maximum Gasteiger partial charge on any atom is 0.336 e. The average molecular weight is 486 g/mol. The van der Waals surface area contributed by atoms with Crippen LogP contribution in [0.2, 0.25) is 0 Å². The number of carbonyl (C=O) groups is 2. The summed E-state index contributed by atoms with van der Waals surface area (Å²) >= 11 is 0. The number of amides is 1. The van der Waals surface area contributed by atoms with E-state index in [9.17, 15) is 14.7 Å². The number of carbonyl (C=O) groups excluding carboxylic acids is 1. The van der Waals surface area contributed by atoms with Crippen LogP contribution in [0.5, 0.6) is 0 Å². The van der Waals surface area contributed by atoms with Gasteiger partial charge in [-0.15, -0.1) is 0 Å². The van der Waals surface area contributed by atoms with Gasteiger partial charge in [-0.2, -0.15) is 0 Å². The second kappa shape index (κ2) is 11.7. The predicted octanol–water partition coefficient (Wildman–Crippen LogP) is 5.70. The number of benzene rings is 3. The summed E-state index contributed by atoms with van der Waals surface area (Å²) in [6.07, 6.45) is 0.828. The van der Waals surface area contributed by atoms with Crippen LogP contribution in [0.25, 0.3) is 11.1 Å². The van der Waals surface area contributed by atoms with E-state index in [1.54, 1.807) is 12.1 Å². The second-order valence-electron chi connectivity index (χ2n) is 9.84.